The first-order valence-corrected chi connectivity index (χ1v) is 10.6. The van der Waals surface area contributed by atoms with Gasteiger partial charge in [-0.05, 0) is 28.3 Å². The number of fused-ring (bicyclic) bond motifs is 3. The van der Waals surface area contributed by atoms with Gasteiger partial charge in [-0.15, -0.1) is 0 Å². The lowest BCUT2D eigenvalue weighted by molar-refractivity contribution is -0.123. The van der Waals surface area contributed by atoms with E-state index >= 15 is 0 Å². The Morgan fingerprint density at radius 3 is 2.24 bits per heavy atom. The van der Waals surface area contributed by atoms with Crippen LogP contribution in [0.5, 0.6) is 5.75 Å². The summed E-state index contributed by atoms with van der Waals surface area (Å²) < 4.78 is 11.0. The molecule has 0 fully saturated rings. The number of rotatable bonds is 8. The van der Waals surface area contributed by atoms with Crippen molar-refractivity contribution >= 4 is 18.1 Å². The average Bonchev–Trinajstić information content (AvgIpc) is 3.18. The van der Waals surface area contributed by atoms with Gasteiger partial charge in [0.15, 0.2) is 6.61 Å². The highest BCUT2D eigenvalue weighted by molar-refractivity contribution is 5.79. The van der Waals surface area contributed by atoms with Crippen LogP contribution in [-0.4, -0.2) is 31.8 Å². The molecule has 0 spiro atoms. The number of nitrogens with one attached hydrogen (secondary N) is 2. The maximum Gasteiger partial charge on any atom is 0.407 e. The lowest BCUT2D eigenvalue weighted by atomic mass is 9.98. The summed E-state index contributed by atoms with van der Waals surface area (Å²) in [4.78, 5) is 23.5. The average molecular weight is 444 g/mol. The van der Waals surface area contributed by atoms with E-state index in [2.05, 4.69) is 29.6 Å². The number of benzene rings is 3. The molecule has 3 aromatic rings. The van der Waals surface area contributed by atoms with Gasteiger partial charge in [-0.3, -0.25) is 10.2 Å². The number of nitrogens with two attached hydrogens (primary N) is 1. The van der Waals surface area contributed by atoms with Crippen LogP contribution in [-0.2, 0) is 9.53 Å². The molecule has 3 aromatic carbocycles. The van der Waals surface area contributed by atoms with Gasteiger partial charge < -0.3 is 14.8 Å². The van der Waals surface area contributed by atoms with Gasteiger partial charge in [0, 0.05) is 18.0 Å². The summed E-state index contributed by atoms with van der Waals surface area (Å²) in [6, 6.07) is 23.7. The number of hydrogen-bond acceptors (Lipinski definition) is 5. The van der Waals surface area contributed by atoms with Crippen molar-refractivity contribution in [1.82, 2.24) is 10.7 Å². The molecule has 4 rings (SSSR count). The molecule has 0 aromatic heterocycles. The predicted octanol–water partition coefficient (Wildman–Crippen LogP) is 3.61. The predicted molar refractivity (Wildman–Crippen MR) is 126 cm³/mol. The number of hydrogen-bond donors (Lipinski definition) is 3. The van der Waals surface area contributed by atoms with E-state index in [1.165, 1.54) is 22.3 Å². The van der Waals surface area contributed by atoms with Gasteiger partial charge in [-0.2, -0.15) is 0 Å². The van der Waals surface area contributed by atoms with E-state index in [9.17, 15) is 9.59 Å². The van der Waals surface area contributed by atoms with E-state index in [0.717, 1.165) is 5.56 Å². The lowest BCUT2D eigenvalue weighted by Gasteiger charge is -2.14. The van der Waals surface area contributed by atoms with Crippen molar-refractivity contribution in [2.45, 2.75) is 5.92 Å². The van der Waals surface area contributed by atoms with Crippen LogP contribution < -0.4 is 21.3 Å². The van der Waals surface area contributed by atoms with Crippen molar-refractivity contribution in [1.29, 1.82) is 0 Å². The fourth-order valence-corrected chi connectivity index (χ4v) is 3.91. The SMILES string of the molecule is NNC(=O)COc1ccccc1C=CCNC(=O)OCC1c2ccccc2-c2ccccc21. The molecule has 0 saturated carbocycles. The molecule has 7 nitrogen and oxygen atoms in total. The first kappa shape index (κ1) is 22.1. The van der Waals surface area contributed by atoms with Crippen molar-refractivity contribution in [3.05, 3.63) is 95.6 Å². The number of carbonyl (C=O) groups excluding carboxylic acids is 2. The van der Waals surface area contributed by atoms with Crippen LogP contribution in [0.15, 0.2) is 78.9 Å². The largest absolute Gasteiger partial charge is 0.483 e. The Bertz CT molecular complexity index is 1130. The summed E-state index contributed by atoms with van der Waals surface area (Å²) in [5, 5.41) is 2.73. The third-order valence-electron chi connectivity index (χ3n) is 5.44. The van der Waals surface area contributed by atoms with Crippen LogP contribution in [0.1, 0.15) is 22.6 Å². The Morgan fingerprint density at radius 1 is 0.909 bits per heavy atom. The lowest BCUT2D eigenvalue weighted by Crippen LogP contribution is -2.34. The Hall–Kier alpha value is -4.10. The number of amides is 2. The van der Waals surface area contributed by atoms with Crippen molar-refractivity contribution in [3.63, 3.8) is 0 Å². The minimum Gasteiger partial charge on any atom is -0.483 e. The van der Waals surface area contributed by atoms with Gasteiger partial charge in [-0.25, -0.2) is 10.6 Å². The van der Waals surface area contributed by atoms with Crippen molar-refractivity contribution in [2.24, 2.45) is 5.84 Å². The number of ether oxygens (including phenoxy) is 2. The normalized spacial score (nSPS) is 12.2. The highest BCUT2D eigenvalue weighted by Crippen LogP contribution is 2.44. The number of hydrazine groups is 1. The molecule has 0 aliphatic heterocycles. The summed E-state index contributed by atoms with van der Waals surface area (Å²) in [5.74, 6) is 5.20. The van der Waals surface area contributed by atoms with E-state index in [1.54, 1.807) is 18.2 Å². The number of para-hydroxylation sites is 1. The summed E-state index contributed by atoms with van der Waals surface area (Å²) in [5.41, 5.74) is 7.52. The molecule has 0 saturated heterocycles. The van der Waals surface area contributed by atoms with Crippen LogP contribution in [0.25, 0.3) is 17.2 Å². The molecule has 0 bridgehead atoms. The standard InChI is InChI=1S/C26H25N3O4/c27-29-25(30)17-32-24-14-6-1-8-18(24)9-7-15-28-26(31)33-16-23-21-12-4-2-10-19(21)20-11-3-5-13-22(20)23/h1-14,23H,15-17,27H2,(H,28,31)(H,29,30). The Labute approximate surface area is 192 Å². The zero-order valence-electron chi connectivity index (χ0n) is 18.0. The molecular weight excluding hydrogens is 418 g/mol. The first-order valence-electron chi connectivity index (χ1n) is 10.6. The molecule has 0 radical (unpaired) electrons. The third-order valence-corrected chi connectivity index (χ3v) is 5.44. The highest BCUT2D eigenvalue weighted by Gasteiger charge is 2.28. The topological polar surface area (TPSA) is 103 Å². The second-order valence-corrected chi connectivity index (χ2v) is 7.50. The van der Waals surface area contributed by atoms with Crippen molar-refractivity contribution in [3.8, 4) is 16.9 Å². The molecule has 0 unspecified atom stereocenters. The smallest absolute Gasteiger partial charge is 0.407 e. The van der Waals surface area contributed by atoms with Gasteiger partial charge in [-0.1, -0.05) is 78.9 Å². The zero-order valence-corrected chi connectivity index (χ0v) is 18.0. The highest BCUT2D eigenvalue weighted by atomic mass is 16.5. The van der Waals surface area contributed by atoms with Gasteiger partial charge >= 0.3 is 6.09 Å². The second kappa shape index (κ2) is 10.5. The summed E-state index contributed by atoms with van der Waals surface area (Å²) in [6.07, 6.45) is 3.11. The monoisotopic (exact) mass is 443 g/mol. The van der Waals surface area contributed by atoms with E-state index < -0.39 is 12.0 Å². The maximum absolute atomic E-state index is 12.3. The maximum atomic E-state index is 12.3. The molecule has 4 N–H and O–H groups in total. The number of carbonyl (C=O) groups is 2. The first-order chi connectivity index (χ1) is 16.2. The Kier molecular flexibility index (Phi) is 7.02. The molecule has 168 valence electrons. The zero-order chi connectivity index (χ0) is 23.0. The van der Waals surface area contributed by atoms with Crippen LogP contribution in [0.2, 0.25) is 0 Å². The molecule has 7 heteroatoms. The molecular formula is C26H25N3O4. The quantitative estimate of drug-likeness (QED) is 0.280. The fraction of sp³-hybridized carbons (Fsp3) is 0.154. The molecule has 1 aliphatic carbocycles. The van der Waals surface area contributed by atoms with E-state index in [-0.39, 0.29) is 25.7 Å². The van der Waals surface area contributed by atoms with E-state index in [4.69, 9.17) is 15.3 Å². The molecule has 2 amide bonds. The van der Waals surface area contributed by atoms with Gasteiger partial charge in [0.1, 0.15) is 12.4 Å². The molecule has 0 atom stereocenters. The Morgan fingerprint density at radius 2 is 1.55 bits per heavy atom. The van der Waals surface area contributed by atoms with Gasteiger partial charge in [0.05, 0.1) is 0 Å². The fourth-order valence-electron chi connectivity index (χ4n) is 3.91. The minimum atomic E-state index is -0.481. The van der Waals surface area contributed by atoms with Gasteiger partial charge in [0.25, 0.3) is 5.91 Å². The van der Waals surface area contributed by atoms with E-state index in [1.807, 2.05) is 47.9 Å². The molecule has 33 heavy (non-hydrogen) atoms. The second-order valence-electron chi connectivity index (χ2n) is 7.50. The van der Waals surface area contributed by atoms with E-state index in [0.29, 0.717) is 5.75 Å². The van der Waals surface area contributed by atoms with Crippen LogP contribution >= 0.6 is 0 Å². The Balaban J connectivity index is 1.30. The summed E-state index contributed by atoms with van der Waals surface area (Å²) in [6.45, 7) is 0.372. The van der Waals surface area contributed by atoms with Crippen LogP contribution in [0, 0.1) is 0 Å². The van der Waals surface area contributed by atoms with Gasteiger partial charge in [0.2, 0.25) is 0 Å². The molecule has 0 heterocycles. The van der Waals surface area contributed by atoms with Crippen molar-refractivity contribution in [2.75, 3.05) is 19.8 Å². The summed E-state index contributed by atoms with van der Waals surface area (Å²) >= 11 is 0. The van der Waals surface area contributed by atoms with Crippen LogP contribution in [0.3, 0.4) is 0 Å². The molecule has 1 aliphatic rings. The minimum absolute atomic E-state index is 0.0217. The number of alkyl carbamates (subject to hydrolysis) is 1. The van der Waals surface area contributed by atoms with Crippen molar-refractivity contribution < 1.29 is 19.1 Å². The third kappa shape index (κ3) is 5.22. The summed E-state index contributed by atoms with van der Waals surface area (Å²) in [7, 11) is 0. The van der Waals surface area contributed by atoms with Crippen LogP contribution in [0.4, 0.5) is 4.79 Å².